The molecule has 0 spiro atoms. The topological polar surface area (TPSA) is 31.2 Å². The van der Waals surface area contributed by atoms with Crippen LogP contribution in [-0.4, -0.2) is 17.1 Å². The molecule has 3 heteroatoms. The average Bonchev–Trinajstić information content (AvgIpc) is 2.95. The number of para-hydroxylation sites is 1. The lowest BCUT2D eigenvalue weighted by atomic mass is 10.0. The molecule has 0 amide bonds. The summed E-state index contributed by atoms with van der Waals surface area (Å²) in [7, 11) is 0. The molecule has 1 heterocycles. The monoisotopic (exact) mass is 333 g/mol. The number of ether oxygens (including phenoxy) is 1. The molecule has 0 saturated heterocycles. The zero-order valence-corrected chi connectivity index (χ0v) is 15.0. The number of carbonyl (C=O) groups excluding carboxylic acids is 1. The predicted molar refractivity (Wildman–Crippen MR) is 101 cm³/mol. The molecule has 3 nitrogen and oxygen atoms in total. The van der Waals surface area contributed by atoms with E-state index >= 15 is 0 Å². The smallest absolute Gasteiger partial charge is 0.340 e. The van der Waals surface area contributed by atoms with Crippen LogP contribution in [0, 0.1) is 6.92 Å². The number of esters is 1. The van der Waals surface area contributed by atoms with Gasteiger partial charge < -0.3 is 9.30 Å². The number of nitrogens with zero attached hydrogens (tertiary/aromatic N) is 1. The first kappa shape index (κ1) is 17.0. The van der Waals surface area contributed by atoms with Crippen LogP contribution in [0.5, 0.6) is 0 Å². The third kappa shape index (κ3) is 3.10. The summed E-state index contributed by atoms with van der Waals surface area (Å²) in [5.74, 6) is -0.261. The van der Waals surface area contributed by atoms with Gasteiger partial charge in [0.05, 0.1) is 17.9 Å². The van der Waals surface area contributed by atoms with Crippen LogP contribution in [-0.2, 0) is 11.2 Å². The van der Waals surface area contributed by atoms with E-state index in [0.29, 0.717) is 12.2 Å². The second-order valence-electron chi connectivity index (χ2n) is 5.91. The Morgan fingerprint density at radius 1 is 0.960 bits per heavy atom. The number of hydrogen-bond donors (Lipinski definition) is 0. The largest absolute Gasteiger partial charge is 0.462 e. The Balaban J connectivity index is 2.37. The van der Waals surface area contributed by atoms with Gasteiger partial charge in [0.15, 0.2) is 0 Å². The van der Waals surface area contributed by atoms with Crippen molar-refractivity contribution in [3.05, 3.63) is 77.5 Å². The normalized spacial score (nSPS) is 10.7. The Labute approximate surface area is 148 Å². The number of benzene rings is 2. The minimum Gasteiger partial charge on any atom is -0.462 e. The van der Waals surface area contributed by atoms with Crippen molar-refractivity contribution in [2.24, 2.45) is 0 Å². The minimum absolute atomic E-state index is 0.261. The molecule has 0 aliphatic rings. The fraction of sp³-hybridized carbons (Fsp3) is 0.227. The zero-order valence-electron chi connectivity index (χ0n) is 15.0. The van der Waals surface area contributed by atoms with E-state index in [1.807, 2.05) is 62.4 Å². The lowest BCUT2D eigenvalue weighted by Gasteiger charge is -2.14. The standard InChI is InChI=1S/C22H23NO2/c1-4-19-16(3)20(22(24)25-5-2)21(17-12-8-6-9-13-17)23(19)18-14-10-7-11-15-18/h6-15H,4-5H2,1-3H3. The highest BCUT2D eigenvalue weighted by Gasteiger charge is 2.26. The lowest BCUT2D eigenvalue weighted by molar-refractivity contribution is 0.0526. The molecule has 2 aromatic carbocycles. The first-order chi connectivity index (χ1) is 12.2. The molecule has 3 rings (SSSR count). The Morgan fingerprint density at radius 2 is 1.56 bits per heavy atom. The first-order valence-electron chi connectivity index (χ1n) is 8.71. The van der Waals surface area contributed by atoms with Crippen LogP contribution in [0.25, 0.3) is 16.9 Å². The maximum atomic E-state index is 12.7. The molecule has 0 aliphatic heterocycles. The highest BCUT2D eigenvalue weighted by Crippen LogP contribution is 2.35. The molecule has 0 aliphatic carbocycles. The van der Waals surface area contributed by atoms with Crippen molar-refractivity contribution in [1.29, 1.82) is 0 Å². The molecule has 0 fully saturated rings. The van der Waals surface area contributed by atoms with Crippen molar-refractivity contribution in [3.63, 3.8) is 0 Å². The molecule has 0 saturated carbocycles. The molecule has 25 heavy (non-hydrogen) atoms. The highest BCUT2D eigenvalue weighted by molar-refractivity contribution is 5.99. The Morgan fingerprint density at radius 3 is 2.12 bits per heavy atom. The second-order valence-corrected chi connectivity index (χ2v) is 5.91. The van der Waals surface area contributed by atoms with E-state index in [9.17, 15) is 4.79 Å². The lowest BCUT2D eigenvalue weighted by Crippen LogP contribution is -2.08. The van der Waals surface area contributed by atoms with Gasteiger partial charge in [-0.3, -0.25) is 0 Å². The van der Waals surface area contributed by atoms with E-state index < -0.39 is 0 Å². The van der Waals surface area contributed by atoms with E-state index in [4.69, 9.17) is 4.74 Å². The summed E-state index contributed by atoms with van der Waals surface area (Å²) in [5.41, 5.74) is 5.75. The van der Waals surface area contributed by atoms with E-state index in [1.165, 1.54) is 0 Å². The molecule has 128 valence electrons. The molecule has 0 N–H and O–H groups in total. The van der Waals surface area contributed by atoms with E-state index in [2.05, 4.69) is 23.6 Å². The number of hydrogen-bond acceptors (Lipinski definition) is 2. The van der Waals surface area contributed by atoms with Gasteiger partial charge >= 0.3 is 5.97 Å². The van der Waals surface area contributed by atoms with Gasteiger partial charge in [0, 0.05) is 11.4 Å². The van der Waals surface area contributed by atoms with Crippen molar-refractivity contribution in [2.75, 3.05) is 6.61 Å². The van der Waals surface area contributed by atoms with Crippen LogP contribution in [0.15, 0.2) is 60.7 Å². The quantitative estimate of drug-likeness (QED) is 0.602. The van der Waals surface area contributed by atoms with Crippen LogP contribution in [0.4, 0.5) is 0 Å². The number of aromatic nitrogens is 1. The van der Waals surface area contributed by atoms with Crippen molar-refractivity contribution in [1.82, 2.24) is 4.57 Å². The number of carbonyl (C=O) groups is 1. The van der Waals surface area contributed by atoms with Gasteiger partial charge in [-0.05, 0) is 43.5 Å². The molecule has 0 unspecified atom stereocenters. The third-order valence-corrected chi connectivity index (χ3v) is 4.41. The second kappa shape index (κ2) is 7.39. The number of rotatable bonds is 5. The summed E-state index contributed by atoms with van der Waals surface area (Å²) in [5, 5.41) is 0. The fourth-order valence-corrected chi connectivity index (χ4v) is 3.34. The molecule has 1 aromatic heterocycles. The van der Waals surface area contributed by atoms with Gasteiger partial charge in [-0.2, -0.15) is 0 Å². The van der Waals surface area contributed by atoms with Crippen LogP contribution in [0.2, 0.25) is 0 Å². The fourth-order valence-electron chi connectivity index (χ4n) is 3.34. The van der Waals surface area contributed by atoms with Gasteiger partial charge in [-0.15, -0.1) is 0 Å². The Kier molecular flexibility index (Phi) is 5.03. The van der Waals surface area contributed by atoms with Crippen molar-refractivity contribution >= 4 is 5.97 Å². The van der Waals surface area contributed by atoms with Gasteiger partial charge in [0.25, 0.3) is 0 Å². The summed E-state index contributed by atoms with van der Waals surface area (Å²) < 4.78 is 7.56. The van der Waals surface area contributed by atoms with Gasteiger partial charge in [0.2, 0.25) is 0 Å². The maximum absolute atomic E-state index is 12.7. The first-order valence-corrected chi connectivity index (χ1v) is 8.71. The molecule has 0 bridgehead atoms. The van der Waals surface area contributed by atoms with E-state index in [1.54, 1.807) is 0 Å². The van der Waals surface area contributed by atoms with E-state index in [0.717, 1.165) is 34.6 Å². The van der Waals surface area contributed by atoms with Gasteiger partial charge in [0.1, 0.15) is 0 Å². The molecular weight excluding hydrogens is 310 g/mol. The average molecular weight is 333 g/mol. The zero-order chi connectivity index (χ0) is 17.8. The molecular formula is C22H23NO2. The van der Waals surface area contributed by atoms with Crippen molar-refractivity contribution in [3.8, 4) is 16.9 Å². The summed E-state index contributed by atoms with van der Waals surface area (Å²) in [6.07, 6.45) is 0.833. The summed E-state index contributed by atoms with van der Waals surface area (Å²) in [6.45, 7) is 6.33. The van der Waals surface area contributed by atoms with E-state index in [-0.39, 0.29) is 5.97 Å². The SMILES string of the molecule is CCOC(=O)c1c(C)c(CC)n(-c2ccccc2)c1-c1ccccc1. The molecule has 0 atom stereocenters. The Hall–Kier alpha value is -2.81. The Bertz CT molecular complexity index is 864. The van der Waals surface area contributed by atoms with Crippen LogP contribution >= 0.6 is 0 Å². The molecule has 3 aromatic rings. The minimum atomic E-state index is -0.261. The maximum Gasteiger partial charge on any atom is 0.340 e. The summed E-state index contributed by atoms with van der Waals surface area (Å²) >= 11 is 0. The predicted octanol–water partition coefficient (Wildman–Crippen LogP) is 5.19. The van der Waals surface area contributed by atoms with Crippen molar-refractivity contribution < 1.29 is 9.53 Å². The summed E-state index contributed by atoms with van der Waals surface area (Å²) in [4.78, 5) is 12.7. The van der Waals surface area contributed by atoms with Gasteiger partial charge in [-0.1, -0.05) is 55.5 Å². The van der Waals surface area contributed by atoms with Crippen LogP contribution < -0.4 is 0 Å². The molecule has 0 radical (unpaired) electrons. The third-order valence-electron chi connectivity index (χ3n) is 4.41. The van der Waals surface area contributed by atoms with Crippen LogP contribution in [0.1, 0.15) is 35.5 Å². The van der Waals surface area contributed by atoms with Gasteiger partial charge in [-0.25, -0.2) is 4.79 Å². The van der Waals surface area contributed by atoms with Crippen LogP contribution in [0.3, 0.4) is 0 Å². The highest BCUT2D eigenvalue weighted by atomic mass is 16.5. The van der Waals surface area contributed by atoms with Crippen molar-refractivity contribution in [2.45, 2.75) is 27.2 Å². The summed E-state index contributed by atoms with van der Waals surface area (Å²) in [6, 6.07) is 20.2.